The normalized spacial score (nSPS) is 44.3. The second-order valence-corrected chi connectivity index (χ2v) is 21.4. The summed E-state index contributed by atoms with van der Waals surface area (Å²) in [4.78, 5) is 49.8. The summed E-state index contributed by atoms with van der Waals surface area (Å²) < 4.78 is 0. The molecule has 6 rings (SSSR count). The Labute approximate surface area is 309 Å². The topological polar surface area (TPSA) is 119 Å². The fraction of sp³-hybridized carbons (Fsp3) is 0.886. The first kappa shape index (κ1) is 38.8. The van der Waals surface area contributed by atoms with Crippen LogP contribution in [0.25, 0.3) is 0 Å². The van der Waals surface area contributed by atoms with Gasteiger partial charge in [-0.05, 0) is 158 Å². The van der Waals surface area contributed by atoms with E-state index in [2.05, 4.69) is 58.6 Å². The van der Waals surface area contributed by atoms with Crippen LogP contribution in [-0.2, 0) is 14.4 Å². The van der Waals surface area contributed by atoms with Crippen molar-refractivity contribution >= 4 is 17.6 Å². The number of hydrogen-bond donors (Lipinski definition) is 2. The zero-order valence-electron chi connectivity index (χ0n) is 33.5. The maximum Gasteiger partial charge on any atom is 0.286 e. The SMILES string of the molecule is C=C(C)[C@@H]1CC[C@]2(CC(=O)NC3CC[C@H](N)C3)CC[C@]3(C)C(CC[C@@H]4C5(C)CCC(CC(=O)CC(C)(C)CC(=O)N=O)C(C)(C)[C@@H]5CCC43C)[C@@H]12. The van der Waals surface area contributed by atoms with Crippen LogP contribution in [0.4, 0.5) is 0 Å². The van der Waals surface area contributed by atoms with Crippen LogP contribution in [0, 0.1) is 72.9 Å². The quantitative estimate of drug-likeness (QED) is 0.173. The van der Waals surface area contributed by atoms with Crippen molar-refractivity contribution in [2.45, 2.75) is 177 Å². The lowest BCUT2D eigenvalue weighted by Crippen LogP contribution is -2.66. The average Bonchev–Trinajstić information content (AvgIpc) is 3.61. The van der Waals surface area contributed by atoms with Gasteiger partial charge in [0.15, 0.2) is 0 Å². The van der Waals surface area contributed by atoms with Crippen molar-refractivity contribution in [1.82, 2.24) is 5.32 Å². The number of nitrogens with one attached hydrogen (secondary N) is 1. The first-order chi connectivity index (χ1) is 23.7. The highest BCUT2D eigenvalue weighted by molar-refractivity contribution is 5.82. The molecular weight excluding hydrogens is 635 g/mol. The molecule has 6 fully saturated rings. The maximum atomic E-state index is 13.8. The largest absolute Gasteiger partial charge is 0.353 e. The molecule has 6 aliphatic carbocycles. The molecule has 0 bridgehead atoms. The molecule has 0 aliphatic heterocycles. The second-order valence-electron chi connectivity index (χ2n) is 21.4. The molecule has 0 radical (unpaired) electrons. The van der Waals surface area contributed by atoms with Crippen LogP contribution >= 0.6 is 0 Å². The lowest BCUT2D eigenvalue weighted by atomic mass is 9.31. The standard InChI is InChI=1S/C44H71N3O4/c1-27(2)32-15-19-44(26-36(49)46-30-11-10-29(45)23-30)21-20-42(8)33(38(32)44)12-13-35-41(7)17-14-28(40(5,6)34(41)16-18-43(35,42)9)22-31(48)24-39(3,4)25-37(50)47-51/h28-30,32-35,38H,1,10-26,45H2,2-9H3,(H,46,49)/t28?,29-,30?,32-,33?,34-,35+,38+,41?,42+,43?,44+/m0/s1. The molecule has 6 saturated carbocycles. The number of nitroso groups, excluding NO2 is 1. The van der Waals surface area contributed by atoms with Gasteiger partial charge in [0.1, 0.15) is 5.78 Å². The van der Waals surface area contributed by atoms with Crippen LogP contribution in [0.1, 0.15) is 165 Å². The number of ketones is 1. The molecule has 12 atom stereocenters. The Morgan fingerprint density at radius 1 is 0.843 bits per heavy atom. The minimum atomic E-state index is -0.669. The molecule has 51 heavy (non-hydrogen) atoms. The minimum Gasteiger partial charge on any atom is -0.353 e. The molecule has 6 aliphatic rings. The van der Waals surface area contributed by atoms with E-state index in [-0.39, 0.29) is 57.3 Å². The fourth-order valence-corrected chi connectivity index (χ4v) is 15.2. The number of carbonyl (C=O) groups is 3. The van der Waals surface area contributed by atoms with Gasteiger partial charge in [-0.15, -0.1) is 4.91 Å². The number of carbonyl (C=O) groups excluding carboxylic acids is 3. The molecule has 7 heteroatoms. The van der Waals surface area contributed by atoms with E-state index in [1.165, 1.54) is 50.5 Å². The molecule has 0 heterocycles. The monoisotopic (exact) mass is 706 g/mol. The summed E-state index contributed by atoms with van der Waals surface area (Å²) in [6.07, 6.45) is 16.4. The van der Waals surface area contributed by atoms with Crippen molar-refractivity contribution in [3.8, 4) is 0 Å². The highest BCUT2D eigenvalue weighted by Crippen LogP contribution is 2.78. The fourth-order valence-electron chi connectivity index (χ4n) is 15.2. The van der Waals surface area contributed by atoms with Crippen molar-refractivity contribution in [2.24, 2.45) is 78.9 Å². The van der Waals surface area contributed by atoms with E-state index in [4.69, 9.17) is 5.73 Å². The lowest BCUT2D eigenvalue weighted by molar-refractivity contribution is -0.243. The molecule has 0 aromatic rings. The van der Waals surface area contributed by atoms with Crippen molar-refractivity contribution in [3.05, 3.63) is 17.1 Å². The van der Waals surface area contributed by atoms with Gasteiger partial charge < -0.3 is 11.1 Å². The van der Waals surface area contributed by atoms with E-state index in [1.807, 2.05) is 13.8 Å². The Balaban J connectivity index is 1.21. The van der Waals surface area contributed by atoms with Gasteiger partial charge in [0.05, 0.1) is 0 Å². The Morgan fingerprint density at radius 2 is 1.57 bits per heavy atom. The van der Waals surface area contributed by atoms with Crippen LogP contribution in [0.2, 0.25) is 0 Å². The van der Waals surface area contributed by atoms with Crippen LogP contribution in [0.5, 0.6) is 0 Å². The molecule has 0 saturated heterocycles. The molecule has 286 valence electrons. The summed E-state index contributed by atoms with van der Waals surface area (Å²) >= 11 is 0. The number of Topliss-reactive ketones (excluding diaryl/α,β-unsaturated/α-hetero) is 1. The third-order valence-corrected chi connectivity index (χ3v) is 17.7. The van der Waals surface area contributed by atoms with Gasteiger partial charge in [0.2, 0.25) is 5.91 Å². The average molecular weight is 706 g/mol. The van der Waals surface area contributed by atoms with Crippen molar-refractivity contribution in [2.75, 3.05) is 0 Å². The second kappa shape index (κ2) is 13.4. The highest BCUT2D eigenvalue weighted by Gasteiger charge is 2.71. The minimum absolute atomic E-state index is 0.0228. The number of fused-ring (bicyclic) bond motifs is 7. The zero-order chi connectivity index (χ0) is 37.4. The van der Waals surface area contributed by atoms with E-state index >= 15 is 0 Å². The Morgan fingerprint density at radius 3 is 2.22 bits per heavy atom. The van der Waals surface area contributed by atoms with Gasteiger partial charge >= 0.3 is 0 Å². The number of rotatable bonds is 10. The van der Waals surface area contributed by atoms with E-state index in [0.717, 1.165) is 38.5 Å². The molecular formula is C44H71N3O4. The number of nitrogens with zero attached hydrogens (tertiary/aromatic N) is 1. The van der Waals surface area contributed by atoms with Crippen molar-refractivity contribution in [3.63, 3.8) is 0 Å². The summed E-state index contributed by atoms with van der Waals surface area (Å²) in [5.41, 5.74) is 7.78. The Kier molecular flexibility index (Phi) is 10.2. The molecule has 0 aromatic carbocycles. The van der Waals surface area contributed by atoms with Crippen LogP contribution in [-0.4, -0.2) is 29.7 Å². The number of nitrogens with two attached hydrogens (primary N) is 1. The lowest BCUT2D eigenvalue weighted by Gasteiger charge is -2.73. The summed E-state index contributed by atoms with van der Waals surface area (Å²) in [6.45, 7) is 23.5. The van der Waals surface area contributed by atoms with Crippen molar-refractivity contribution in [1.29, 1.82) is 0 Å². The predicted octanol–water partition coefficient (Wildman–Crippen LogP) is 9.70. The molecule has 7 nitrogen and oxygen atoms in total. The summed E-state index contributed by atoms with van der Waals surface area (Å²) in [5.74, 6) is 2.96. The van der Waals surface area contributed by atoms with E-state index in [1.54, 1.807) is 0 Å². The smallest absolute Gasteiger partial charge is 0.286 e. The number of allylic oxidation sites excluding steroid dienone is 1. The molecule has 3 N–H and O–H groups in total. The van der Waals surface area contributed by atoms with Gasteiger partial charge in [0.25, 0.3) is 5.91 Å². The Bertz CT molecular complexity index is 1420. The van der Waals surface area contributed by atoms with Gasteiger partial charge in [-0.25, -0.2) is 0 Å². The summed E-state index contributed by atoms with van der Waals surface area (Å²) in [7, 11) is 0. The number of amides is 2. The third-order valence-electron chi connectivity index (χ3n) is 17.7. The highest BCUT2D eigenvalue weighted by atomic mass is 16.3. The predicted molar refractivity (Wildman–Crippen MR) is 204 cm³/mol. The van der Waals surface area contributed by atoms with Gasteiger partial charge in [-0.1, -0.05) is 60.6 Å². The van der Waals surface area contributed by atoms with Gasteiger partial charge in [0, 0.05) is 42.9 Å². The van der Waals surface area contributed by atoms with Crippen LogP contribution < -0.4 is 11.1 Å². The summed E-state index contributed by atoms with van der Waals surface area (Å²) in [6, 6.07) is 0.455. The van der Waals surface area contributed by atoms with Crippen LogP contribution in [0.15, 0.2) is 17.3 Å². The molecule has 0 spiro atoms. The van der Waals surface area contributed by atoms with Crippen molar-refractivity contribution < 1.29 is 14.4 Å². The van der Waals surface area contributed by atoms with Gasteiger partial charge in [-0.2, -0.15) is 0 Å². The third kappa shape index (κ3) is 6.53. The van der Waals surface area contributed by atoms with E-state index in [0.29, 0.717) is 54.8 Å². The number of hydrogen-bond acceptors (Lipinski definition) is 5. The first-order valence-corrected chi connectivity index (χ1v) is 20.8. The van der Waals surface area contributed by atoms with Gasteiger partial charge in [-0.3, -0.25) is 14.4 Å². The summed E-state index contributed by atoms with van der Waals surface area (Å²) in [5, 5.41) is 6.01. The molecule has 5 unspecified atom stereocenters. The van der Waals surface area contributed by atoms with E-state index in [9.17, 15) is 19.3 Å². The first-order valence-electron chi connectivity index (χ1n) is 20.8. The molecule has 0 aromatic heterocycles. The zero-order valence-corrected chi connectivity index (χ0v) is 33.5. The maximum absolute atomic E-state index is 13.8. The Hall–Kier alpha value is -1.89. The molecule has 2 amide bonds. The van der Waals surface area contributed by atoms with Crippen LogP contribution in [0.3, 0.4) is 0 Å². The van der Waals surface area contributed by atoms with E-state index < -0.39 is 11.3 Å².